The second-order valence-corrected chi connectivity index (χ2v) is 3.62. The molecule has 2 aromatic rings. The van der Waals surface area contributed by atoms with Crippen LogP contribution in [0.1, 0.15) is 12.8 Å². The van der Waals surface area contributed by atoms with Crippen LogP contribution in [0.3, 0.4) is 0 Å². The summed E-state index contributed by atoms with van der Waals surface area (Å²) in [5, 5.41) is 2.98. The summed E-state index contributed by atoms with van der Waals surface area (Å²) < 4.78 is 44.6. The monoisotopic (exact) mass is 256 g/mol. The first-order valence-electron chi connectivity index (χ1n) is 5.42. The Hall–Kier alpha value is -1.82. The summed E-state index contributed by atoms with van der Waals surface area (Å²) in [6.07, 6.45) is 1.28. The smallest absolute Gasteiger partial charge is 0.208 e. The van der Waals surface area contributed by atoms with Crippen LogP contribution in [-0.4, -0.2) is 11.5 Å². The first-order chi connectivity index (χ1) is 8.63. The number of nitrogens with one attached hydrogen (secondary N) is 1. The van der Waals surface area contributed by atoms with E-state index in [9.17, 15) is 13.2 Å². The molecule has 0 aliphatic carbocycles. The van der Waals surface area contributed by atoms with Crippen LogP contribution in [0, 0.1) is 17.5 Å². The fourth-order valence-corrected chi connectivity index (χ4v) is 1.46. The lowest BCUT2D eigenvalue weighted by Crippen LogP contribution is -2.11. The van der Waals surface area contributed by atoms with Gasteiger partial charge in [-0.3, -0.25) is 0 Å². The molecular formula is C12H11F3N2O. The Morgan fingerprint density at radius 1 is 1.22 bits per heavy atom. The molecule has 96 valence electrons. The maximum atomic E-state index is 13.5. The Kier molecular flexibility index (Phi) is 3.66. The molecule has 3 nitrogen and oxygen atoms in total. The van der Waals surface area contributed by atoms with Gasteiger partial charge in [-0.2, -0.15) is 0 Å². The van der Waals surface area contributed by atoms with Crippen molar-refractivity contribution in [3.63, 3.8) is 0 Å². The maximum Gasteiger partial charge on any atom is 0.208 e. The minimum absolute atomic E-state index is 0.0688. The van der Waals surface area contributed by atoms with Crippen LogP contribution in [0.2, 0.25) is 0 Å². The summed E-state index contributed by atoms with van der Waals surface area (Å²) in [7, 11) is 0. The average molecular weight is 256 g/mol. The molecule has 0 aliphatic heterocycles. The van der Waals surface area contributed by atoms with Crippen molar-refractivity contribution < 1.29 is 17.6 Å². The molecule has 1 heterocycles. The van der Waals surface area contributed by atoms with Crippen molar-refractivity contribution in [1.29, 1.82) is 0 Å². The van der Waals surface area contributed by atoms with Crippen molar-refractivity contribution in [2.45, 2.75) is 13.5 Å². The molecule has 0 bridgehead atoms. The van der Waals surface area contributed by atoms with E-state index in [4.69, 9.17) is 4.42 Å². The molecule has 2 rings (SSSR count). The van der Waals surface area contributed by atoms with Crippen molar-refractivity contribution in [3.8, 4) is 11.3 Å². The molecule has 0 fully saturated rings. The number of rotatable bonds is 4. The zero-order valence-electron chi connectivity index (χ0n) is 9.64. The van der Waals surface area contributed by atoms with Crippen LogP contribution in [0.5, 0.6) is 0 Å². The summed E-state index contributed by atoms with van der Waals surface area (Å²) in [5.74, 6) is -3.60. The lowest BCUT2D eigenvalue weighted by atomic mass is 10.1. The van der Waals surface area contributed by atoms with Crippen LogP contribution in [0.25, 0.3) is 11.3 Å². The second kappa shape index (κ2) is 5.22. The highest BCUT2D eigenvalue weighted by molar-refractivity contribution is 5.57. The van der Waals surface area contributed by atoms with E-state index in [1.165, 1.54) is 6.20 Å². The Labute approximate surface area is 102 Å². The number of benzene rings is 1. The van der Waals surface area contributed by atoms with Crippen molar-refractivity contribution in [2.24, 2.45) is 0 Å². The number of oxazole rings is 1. The molecule has 0 atom stereocenters. The van der Waals surface area contributed by atoms with E-state index >= 15 is 0 Å². The molecule has 0 saturated heterocycles. The number of hydrogen-bond acceptors (Lipinski definition) is 3. The highest BCUT2D eigenvalue weighted by Gasteiger charge is 2.17. The highest BCUT2D eigenvalue weighted by Crippen LogP contribution is 2.26. The van der Waals surface area contributed by atoms with Gasteiger partial charge in [0.2, 0.25) is 5.89 Å². The Bertz CT molecular complexity index is 554. The van der Waals surface area contributed by atoms with Gasteiger partial charge in [0.25, 0.3) is 0 Å². The normalized spacial score (nSPS) is 10.9. The highest BCUT2D eigenvalue weighted by atomic mass is 19.2. The summed E-state index contributed by atoms with van der Waals surface area (Å²) in [6, 6.07) is 1.96. The first-order valence-corrected chi connectivity index (χ1v) is 5.42. The van der Waals surface area contributed by atoms with Crippen LogP contribution >= 0.6 is 0 Å². The zero-order chi connectivity index (χ0) is 13.1. The SMILES string of the molecule is CCNCc1ncc(-c2ccc(F)c(F)c2F)o1. The van der Waals surface area contributed by atoms with Gasteiger partial charge in [0.15, 0.2) is 23.2 Å². The third-order valence-corrected chi connectivity index (χ3v) is 2.38. The molecule has 0 amide bonds. The number of aromatic nitrogens is 1. The Morgan fingerprint density at radius 2 is 2.00 bits per heavy atom. The van der Waals surface area contributed by atoms with E-state index < -0.39 is 17.5 Å². The van der Waals surface area contributed by atoms with Gasteiger partial charge >= 0.3 is 0 Å². The van der Waals surface area contributed by atoms with Crippen molar-refractivity contribution >= 4 is 0 Å². The molecule has 0 unspecified atom stereocenters. The summed E-state index contributed by atoms with van der Waals surface area (Å²) in [4.78, 5) is 3.91. The van der Waals surface area contributed by atoms with Crippen LogP contribution in [-0.2, 0) is 6.54 Å². The van der Waals surface area contributed by atoms with E-state index in [1.807, 2.05) is 6.92 Å². The number of hydrogen-bond donors (Lipinski definition) is 1. The molecular weight excluding hydrogens is 245 g/mol. The third kappa shape index (κ3) is 2.38. The predicted octanol–water partition coefficient (Wildman–Crippen LogP) is 2.87. The predicted molar refractivity (Wildman–Crippen MR) is 59.2 cm³/mol. The fraction of sp³-hybridized carbons (Fsp3) is 0.250. The van der Waals surface area contributed by atoms with Gasteiger partial charge < -0.3 is 9.73 Å². The Balaban J connectivity index is 2.31. The molecule has 18 heavy (non-hydrogen) atoms. The van der Waals surface area contributed by atoms with E-state index in [0.717, 1.165) is 18.7 Å². The van der Waals surface area contributed by atoms with E-state index in [-0.39, 0.29) is 11.3 Å². The van der Waals surface area contributed by atoms with Gasteiger partial charge in [-0.15, -0.1) is 0 Å². The molecule has 0 aliphatic rings. The van der Waals surface area contributed by atoms with Crippen LogP contribution in [0.15, 0.2) is 22.7 Å². The minimum Gasteiger partial charge on any atom is -0.439 e. The number of nitrogens with zero attached hydrogens (tertiary/aromatic N) is 1. The maximum absolute atomic E-state index is 13.5. The molecule has 0 radical (unpaired) electrons. The van der Waals surface area contributed by atoms with E-state index in [1.54, 1.807) is 0 Å². The summed E-state index contributed by atoms with van der Waals surface area (Å²) in [6.45, 7) is 3.04. The third-order valence-electron chi connectivity index (χ3n) is 2.38. The lowest BCUT2D eigenvalue weighted by molar-refractivity contribution is 0.442. The molecule has 1 N–H and O–H groups in total. The van der Waals surface area contributed by atoms with Gasteiger partial charge in [0.05, 0.1) is 18.3 Å². The van der Waals surface area contributed by atoms with Crippen molar-refractivity contribution in [1.82, 2.24) is 10.3 Å². The van der Waals surface area contributed by atoms with Gasteiger partial charge in [-0.25, -0.2) is 18.2 Å². The molecule has 0 saturated carbocycles. The number of halogens is 3. The van der Waals surface area contributed by atoms with Gasteiger partial charge in [0.1, 0.15) is 0 Å². The van der Waals surface area contributed by atoms with Gasteiger partial charge in [-0.05, 0) is 18.7 Å². The quantitative estimate of drug-likeness (QED) is 0.855. The minimum atomic E-state index is -1.52. The van der Waals surface area contributed by atoms with E-state index in [0.29, 0.717) is 12.4 Å². The van der Waals surface area contributed by atoms with Crippen LogP contribution in [0.4, 0.5) is 13.2 Å². The summed E-state index contributed by atoms with van der Waals surface area (Å²) >= 11 is 0. The first kappa shape index (κ1) is 12.6. The second-order valence-electron chi connectivity index (χ2n) is 3.62. The van der Waals surface area contributed by atoms with Crippen molar-refractivity contribution in [2.75, 3.05) is 6.54 Å². The molecule has 0 spiro atoms. The fourth-order valence-electron chi connectivity index (χ4n) is 1.46. The average Bonchev–Trinajstić information content (AvgIpc) is 2.82. The lowest BCUT2D eigenvalue weighted by Gasteiger charge is -2.01. The molecule has 1 aromatic heterocycles. The van der Waals surface area contributed by atoms with Gasteiger partial charge in [-0.1, -0.05) is 6.92 Å². The Morgan fingerprint density at radius 3 is 2.72 bits per heavy atom. The topological polar surface area (TPSA) is 38.1 Å². The standard InChI is InChI=1S/C12H11F3N2O/c1-2-16-6-10-17-5-9(18-10)7-3-4-8(13)12(15)11(7)14/h3-5,16H,2,6H2,1H3. The van der Waals surface area contributed by atoms with Crippen molar-refractivity contribution in [3.05, 3.63) is 41.7 Å². The summed E-state index contributed by atoms with van der Waals surface area (Å²) in [5.41, 5.74) is -0.149. The van der Waals surface area contributed by atoms with Crippen LogP contribution < -0.4 is 5.32 Å². The zero-order valence-corrected chi connectivity index (χ0v) is 9.64. The molecule has 6 heteroatoms. The molecule has 1 aromatic carbocycles. The van der Waals surface area contributed by atoms with E-state index in [2.05, 4.69) is 10.3 Å². The van der Waals surface area contributed by atoms with Gasteiger partial charge in [0, 0.05) is 0 Å². The largest absolute Gasteiger partial charge is 0.439 e.